The van der Waals surface area contributed by atoms with Crippen molar-refractivity contribution in [1.29, 1.82) is 0 Å². The molecule has 5 heteroatoms. The molecule has 0 atom stereocenters. The third-order valence-corrected chi connectivity index (χ3v) is 3.45. The van der Waals surface area contributed by atoms with Crippen molar-refractivity contribution in [3.63, 3.8) is 0 Å². The third kappa shape index (κ3) is 5.80. The van der Waals surface area contributed by atoms with Crippen LogP contribution in [-0.2, 0) is 4.79 Å². The van der Waals surface area contributed by atoms with Crippen LogP contribution in [0.25, 0.3) is 0 Å². The van der Waals surface area contributed by atoms with Crippen LogP contribution in [0.2, 0.25) is 0 Å². The van der Waals surface area contributed by atoms with Crippen molar-refractivity contribution in [2.75, 3.05) is 45.8 Å². The molecule has 0 radical (unpaired) electrons. The van der Waals surface area contributed by atoms with E-state index >= 15 is 0 Å². The van der Waals surface area contributed by atoms with Crippen molar-refractivity contribution >= 4 is 5.91 Å². The highest BCUT2D eigenvalue weighted by molar-refractivity contribution is 5.77. The van der Waals surface area contributed by atoms with Crippen LogP contribution < -0.4 is 11.5 Å². The highest BCUT2D eigenvalue weighted by atomic mass is 16.2. The monoisotopic (exact) mass is 256 g/mol. The number of nitrogens with zero attached hydrogens (tertiary/aromatic N) is 2. The molecular weight excluding hydrogens is 228 g/mol. The number of carbonyl (C=O) groups excluding carboxylic acids is 1. The predicted octanol–water partition coefficient (Wildman–Crippen LogP) is -0.00150. The summed E-state index contributed by atoms with van der Waals surface area (Å²) in [5.41, 5.74) is 10.7. The molecule has 0 aromatic rings. The fourth-order valence-electron chi connectivity index (χ4n) is 2.41. The van der Waals surface area contributed by atoms with Crippen molar-refractivity contribution in [2.45, 2.75) is 32.1 Å². The average Bonchev–Trinajstić information content (AvgIpc) is 3.00. The minimum absolute atomic E-state index is 0.299. The van der Waals surface area contributed by atoms with Crippen molar-refractivity contribution in [1.82, 2.24) is 9.80 Å². The molecule has 0 aromatic carbocycles. The second-order valence-corrected chi connectivity index (χ2v) is 4.96. The lowest BCUT2D eigenvalue weighted by Gasteiger charge is -2.13. The van der Waals surface area contributed by atoms with E-state index in [1.807, 2.05) is 4.90 Å². The zero-order valence-electron chi connectivity index (χ0n) is 11.4. The lowest BCUT2D eigenvalue weighted by molar-refractivity contribution is -0.127. The van der Waals surface area contributed by atoms with Gasteiger partial charge >= 0.3 is 0 Å². The maximum Gasteiger partial charge on any atom is 0.222 e. The smallest absolute Gasteiger partial charge is 0.222 e. The summed E-state index contributed by atoms with van der Waals surface area (Å²) in [5, 5.41) is 0. The Morgan fingerprint density at radius 1 is 0.944 bits per heavy atom. The molecule has 2 aliphatic heterocycles. The number of likely N-dealkylation sites (tertiary alicyclic amines) is 2. The Morgan fingerprint density at radius 3 is 2.17 bits per heavy atom. The number of nitrogens with two attached hydrogens (primary N) is 2. The fourth-order valence-corrected chi connectivity index (χ4v) is 2.41. The van der Waals surface area contributed by atoms with Gasteiger partial charge in [-0.05, 0) is 45.3 Å². The van der Waals surface area contributed by atoms with Gasteiger partial charge in [0.25, 0.3) is 0 Å². The molecular formula is C13H28N4O. The number of carbonyl (C=O) groups is 1. The largest absolute Gasteiger partial charge is 0.343 e. The van der Waals surface area contributed by atoms with E-state index in [4.69, 9.17) is 11.5 Å². The second-order valence-electron chi connectivity index (χ2n) is 4.96. The molecule has 1 amide bonds. The Morgan fingerprint density at radius 2 is 1.67 bits per heavy atom. The molecule has 4 N–H and O–H groups in total. The lowest BCUT2D eigenvalue weighted by Crippen LogP contribution is -2.27. The average molecular weight is 256 g/mol. The molecule has 5 nitrogen and oxygen atoms in total. The number of rotatable bonds is 5. The maximum atomic E-state index is 11.0. The first-order chi connectivity index (χ1) is 8.77. The minimum atomic E-state index is 0.299. The molecule has 0 bridgehead atoms. The summed E-state index contributed by atoms with van der Waals surface area (Å²) in [7, 11) is 0. The fraction of sp³-hybridized carbons (Fsp3) is 0.923. The first-order valence-electron chi connectivity index (χ1n) is 7.18. The summed E-state index contributed by atoms with van der Waals surface area (Å²) >= 11 is 0. The molecule has 0 aliphatic carbocycles. The minimum Gasteiger partial charge on any atom is -0.343 e. The van der Waals surface area contributed by atoms with Crippen LogP contribution >= 0.6 is 0 Å². The van der Waals surface area contributed by atoms with Crippen LogP contribution in [0.1, 0.15) is 32.1 Å². The molecule has 2 aliphatic rings. The molecule has 0 aromatic heterocycles. The SMILES string of the molecule is NCCCN1CCCC1=O.NCCN1CCCC1. The van der Waals surface area contributed by atoms with E-state index in [1.54, 1.807) is 0 Å². The van der Waals surface area contributed by atoms with Crippen molar-refractivity contribution in [3.05, 3.63) is 0 Å². The van der Waals surface area contributed by atoms with Gasteiger partial charge in [0.05, 0.1) is 0 Å². The first-order valence-corrected chi connectivity index (χ1v) is 7.18. The van der Waals surface area contributed by atoms with Gasteiger partial charge in [-0.2, -0.15) is 0 Å². The van der Waals surface area contributed by atoms with Gasteiger partial charge in [-0.15, -0.1) is 0 Å². The Balaban J connectivity index is 0.000000184. The van der Waals surface area contributed by atoms with Crippen LogP contribution in [0.4, 0.5) is 0 Å². The molecule has 106 valence electrons. The molecule has 2 heterocycles. The van der Waals surface area contributed by atoms with E-state index in [-0.39, 0.29) is 0 Å². The van der Waals surface area contributed by atoms with Crippen molar-refractivity contribution < 1.29 is 4.79 Å². The molecule has 18 heavy (non-hydrogen) atoms. The van der Waals surface area contributed by atoms with E-state index in [2.05, 4.69) is 4.90 Å². The van der Waals surface area contributed by atoms with E-state index in [0.29, 0.717) is 12.5 Å². The molecule has 2 fully saturated rings. The summed E-state index contributed by atoms with van der Waals surface area (Å²) < 4.78 is 0. The maximum absolute atomic E-state index is 11.0. The van der Waals surface area contributed by atoms with Gasteiger partial charge in [-0.1, -0.05) is 0 Å². The lowest BCUT2D eigenvalue weighted by atomic mass is 10.4. The van der Waals surface area contributed by atoms with Gasteiger partial charge in [0.15, 0.2) is 0 Å². The summed E-state index contributed by atoms with van der Waals surface area (Å²) in [5.74, 6) is 0.299. The van der Waals surface area contributed by atoms with Crippen LogP contribution in [-0.4, -0.2) is 61.5 Å². The van der Waals surface area contributed by atoms with Crippen LogP contribution in [0.3, 0.4) is 0 Å². The zero-order valence-corrected chi connectivity index (χ0v) is 11.4. The quantitative estimate of drug-likeness (QED) is 0.726. The van der Waals surface area contributed by atoms with Gasteiger partial charge < -0.3 is 21.3 Å². The standard InChI is InChI=1S/C7H14N2O.C6H14N2/c8-4-2-6-9-5-1-3-7(9)10;7-3-6-8-4-1-2-5-8/h1-6,8H2;1-7H2. The molecule has 0 spiro atoms. The normalized spacial score (nSPS) is 20.1. The molecule has 0 saturated carbocycles. The van der Waals surface area contributed by atoms with Crippen LogP contribution in [0, 0.1) is 0 Å². The van der Waals surface area contributed by atoms with Crippen molar-refractivity contribution in [3.8, 4) is 0 Å². The second kappa shape index (κ2) is 9.30. The van der Waals surface area contributed by atoms with E-state index in [0.717, 1.165) is 45.4 Å². The Kier molecular flexibility index (Phi) is 7.96. The predicted molar refractivity (Wildman–Crippen MR) is 74.2 cm³/mol. The van der Waals surface area contributed by atoms with Gasteiger partial charge in [-0.3, -0.25) is 4.79 Å². The van der Waals surface area contributed by atoms with E-state index in [1.165, 1.54) is 25.9 Å². The van der Waals surface area contributed by atoms with Gasteiger partial charge in [-0.25, -0.2) is 0 Å². The number of amides is 1. The van der Waals surface area contributed by atoms with Gasteiger partial charge in [0, 0.05) is 32.6 Å². The van der Waals surface area contributed by atoms with Gasteiger partial charge in [0.1, 0.15) is 0 Å². The highest BCUT2D eigenvalue weighted by Crippen LogP contribution is 2.08. The zero-order chi connectivity index (χ0) is 13.2. The Hall–Kier alpha value is -0.650. The molecule has 0 unspecified atom stereocenters. The van der Waals surface area contributed by atoms with E-state index < -0.39 is 0 Å². The van der Waals surface area contributed by atoms with Crippen molar-refractivity contribution in [2.24, 2.45) is 11.5 Å². The Bertz CT molecular complexity index is 229. The highest BCUT2D eigenvalue weighted by Gasteiger charge is 2.18. The number of hydrogen-bond donors (Lipinski definition) is 2. The summed E-state index contributed by atoms with van der Waals surface area (Å²) in [4.78, 5) is 15.3. The number of hydrogen-bond acceptors (Lipinski definition) is 4. The van der Waals surface area contributed by atoms with E-state index in [9.17, 15) is 4.79 Å². The van der Waals surface area contributed by atoms with Crippen LogP contribution in [0.15, 0.2) is 0 Å². The summed E-state index contributed by atoms with van der Waals surface area (Å²) in [6, 6.07) is 0. The van der Waals surface area contributed by atoms with Crippen LogP contribution in [0.5, 0.6) is 0 Å². The Labute approximate surface area is 110 Å². The summed E-state index contributed by atoms with van der Waals surface area (Å²) in [6.07, 6.45) is 5.46. The summed E-state index contributed by atoms with van der Waals surface area (Å²) in [6.45, 7) is 6.95. The topological polar surface area (TPSA) is 75.6 Å². The van der Waals surface area contributed by atoms with Gasteiger partial charge in [0.2, 0.25) is 5.91 Å². The first kappa shape index (κ1) is 15.4. The molecule has 2 saturated heterocycles. The molecule has 2 rings (SSSR count). The third-order valence-electron chi connectivity index (χ3n) is 3.45.